The monoisotopic (exact) mass is 248 g/mol. The number of rotatable bonds is 2. The van der Waals surface area contributed by atoms with E-state index < -0.39 is 0 Å². The van der Waals surface area contributed by atoms with Gasteiger partial charge in [0.05, 0.1) is 18.4 Å². The molecule has 0 aliphatic carbocycles. The third-order valence-electron chi connectivity index (χ3n) is 1.89. The molecule has 0 fully saturated rings. The first kappa shape index (κ1) is 13.3. The quantitative estimate of drug-likeness (QED) is 0.594. The van der Waals surface area contributed by atoms with Crippen LogP contribution in [0.5, 0.6) is 0 Å². The Morgan fingerprint density at radius 3 is 2.47 bits per heavy atom. The van der Waals surface area contributed by atoms with Crippen LogP contribution in [0.3, 0.4) is 0 Å². The summed E-state index contributed by atoms with van der Waals surface area (Å²) in [4.78, 5) is 21.8. The molecule has 1 rings (SSSR count). The number of esters is 1. The van der Waals surface area contributed by atoms with Crippen LogP contribution < -0.4 is 0 Å². The van der Waals surface area contributed by atoms with Gasteiger partial charge in [-0.15, -0.1) is 0 Å². The van der Waals surface area contributed by atoms with Crippen LogP contribution in [-0.2, 0) is 9.53 Å². The molecule has 0 aliphatic rings. The summed E-state index contributed by atoms with van der Waals surface area (Å²) in [7, 11) is 1.34. The van der Waals surface area contributed by atoms with Crippen molar-refractivity contribution in [2.24, 2.45) is 0 Å². The molecule has 0 saturated heterocycles. The van der Waals surface area contributed by atoms with E-state index in [4.69, 9.17) is 0 Å². The molecule has 0 heterocycles. The molecule has 0 N–H and O–H groups in total. The molecule has 0 aliphatic heterocycles. The Kier molecular flexibility index (Phi) is 5.31. The molecule has 0 unspecified atom stereocenters. The fourth-order valence-corrected chi connectivity index (χ4v) is 1.43. The molecule has 0 radical (unpaired) electrons. The van der Waals surface area contributed by atoms with Gasteiger partial charge >= 0.3 is 5.97 Å². The lowest BCUT2D eigenvalue weighted by Crippen LogP contribution is -2.00. The maximum Gasteiger partial charge on any atom is 0.337 e. The normalized spacial score (nSPS) is 9.06. The van der Waals surface area contributed by atoms with Crippen LogP contribution in [0.2, 0.25) is 0 Å². The Labute approximate surface area is 105 Å². The van der Waals surface area contributed by atoms with E-state index in [1.165, 1.54) is 25.8 Å². The van der Waals surface area contributed by atoms with Crippen molar-refractivity contribution in [2.75, 3.05) is 12.9 Å². The Morgan fingerprint density at radius 1 is 1.29 bits per heavy atom. The van der Waals surface area contributed by atoms with E-state index in [2.05, 4.69) is 16.6 Å². The van der Waals surface area contributed by atoms with E-state index in [0.717, 1.165) is 5.56 Å². The second-order valence-electron chi connectivity index (χ2n) is 3.15. The molecule has 1 aromatic carbocycles. The number of hydrogen-bond acceptors (Lipinski definition) is 4. The number of carbonyl (C=O) groups is 2. The van der Waals surface area contributed by atoms with Gasteiger partial charge in [-0.25, -0.2) is 4.79 Å². The molecule has 3 nitrogen and oxygen atoms in total. The molecule has 4 heteroatoms. The van der Waals surface area contributed by atoms with Gasteiger partial charge in [0.25, 0.3) is 0 Å². The fourth-order valence-electron chi connectivity index (χ4n) is 1.08. The van der Waals surface area contributed by atoms with E-state index >= 15 is 0 Å². The molecule has 0 atom stereocenters. The van der Waals surface area contributed by atoms with E-state index in [1.54, 1.807) is 24.3 Å². The fraction of sp³-hybridized carbons (Fsp3) is 0.231. The van der Waals surface area contributed by atoms with Gasteiger partial charge in [-0.2, -0.15) is 0 Å². The molecule has 88 valence electrons. The Morgan fingerprint density at radius 2 is 1.94 bits per heavy atom. The van der Waals surface area contributed by atoms with Crippen LogP contribution in [0.15, 0.2) is 24.3 Å². The number of methoxy groups -OCH3 is 1. The lowest BCUT2D eigenvalue weighted by molar-refractivity contribution is -0.109. The first-order valence-corrected chi connectivity index (χ1v) is 5.92. The molecule has 0 amide bonds. The van der Waals surface area contributed by atoms with E-state index in [0.29, 0.717) is 11.3 Å². The number of ether oxygens (including phenoxy) is 1. The zero-order chi connectivity index (χ0) is 12.7. The molecule has 1 aromatic rings. The molecule has 0 spiro atoms. The standard InChI is InChI=1S/C13H12O3S/c1-10(14)17-9-3-4-11-5-7-12(8-6-11)13(15)16-2/h5-8H,9H2,1-2H3. The summed E-state index contributed by atoms with van der Waals surface area (Å²) in [6, 6.07) is 6.82. The van der Waals surface area contributed by atoms with Crippen molar-refractivity contribution in [1.29, 1.82) is 0 Å². The maximum atomic E-state index is 11.2. The van der Waals surface area contributed by atoms with Crippen molar-refractivity contribution in [1.82, 2.24) is 0 Å². The summed E-state index contributed by atoms with van der Waals surface area (Å²) in [5, 5.41) is 0.0559. The van der Waals surface area contributed by atoms with E-state index in [-0.39, 0.29) is 11.1 Å². The highest BCUT2D eigenvalue weighted by Crippen LogP contribution is 2.05. The lowest BCUT2D eigenvalue weighted by atomic mass is 10.1. The van der Waals surface area contributed by atoms with Gasteiger partial charge in [0, 0.05) is 12.5 Å². The number of thioether (sulfide) groups is 1. The molecule has 0 aromatic heterocycles. The smallest absolute Gasteiger partial charge is 0.337 e. The molecule has 0 saturated carbocycles. The van der Waals surface area contributed by atoms with Crippen molar-refractivity contribution in [3.05, 3.63) is 35.4 Å². The molecule has 0 bridgehead atoms. The van der Waals surface area contributed by atoms with Gasteiger partial charge in [0.1, 0.15) is 0 Å². The van der Waals surface area contributed by atoms with Crippen molar-refractivity contribution in [2.45, 2.75) is 6.92 Å². The van der Waals surface area contributed by atoms with Crippen LogP contribution >= 0.6 is 11.8 Å². The summed E-state index contributed by atoms with van der Waals surface area (Å²) in [5.74, 6) is 5.90. The van der Waals surface area contributed by atoms with E-state index in [1.807, 2.05) is 0 Å². The number of carbonyl (C=O) groups excluding carboxylic acids is 2. The second kappa shape index (κ2) is 6.77. The Balaban J connectivity index is 2.62. The van der Waals surface area contributed by atoms with Gasteiger partial charge in [0.2, 0.25) is 0 Å². The number of hydrogen-bond donors (Lipinski definition) is 0. The Bertz CT molecular complexity index is 466. The highest BCUT2D eigenvalue weighted by molar-refractivity contribution is 8.13. The Hall–Kier alpha value is -1.73. The third-order valence-corrected chi connectivity index (χ3v) is 2.58. The molecular formula is C13H12O3S. The van der Waals surface area contributed by atoms with Crippen molar-refractivity contribution < 1.29 is 14.3 Å². The topological polar surface area (TPSA) is 43.4 Å². The highest BCUT2D eigenvalue weighted by atomic mass is 32.2. The molecular weight excluding hydrogens is 236 g/mol. The predicted octanol–water partition coefficient (Wildman–Crippen LogP) is 2.10. The lowest BCUT2D eigenvalue weighted by Gasteiger charge is -1.97. The highest BCUT2D eigenvalue weighted by Gasteiger charge is 2.02. The van der Waals surface area contributed by atoms with Crippen molar-refractivity contribution in [3.8, 4) is 11.8 Å². The molecule has 17 heavy (non-hydrogen) atoms. The van der Waals surface area contributed by atoms with Crippen molar-refractivity contribution >= 4 is 22.8 Å². The van der Waals surface area contributed by atoms with Crippen LogP contribution in [-0.4, -0.2) is 23.9 Å². The number of benzene rings is 1. The van der Waals surface area contributed by atoms with Gasteiger partial charge in [0.15, 0.2) is 5.12 Å². The third kappa shape index (κ3) is 4.75. The minimum Gasteiger partial charge on any atom is -0.465 e. The van der Waals surface area contributed by atoms with Gasteiger partial charge in [-0.05, 0) is 24.3 Å². The van der Waals surface area contributed by atoms with E-state index in [9.17, 15) is 9.59 Å². The zero-order valence-corrected chi connectivity index (χ0v) is 10.5. The maximum absolute atomic E-state index is 11.2. The summed E-state index contributed by atoms with van der Waals surface area (Å²) in [5.41, 5.74) is 1.30. The first-order valence-electron chi connectivity index (χ1n) is 4.94. The second-order valence-corrected chi connectivity index (χ2v) is 4.30. The SMILES string of the molecule is COC(=O)c1ccc(C#CCSC(C)=O)cc1. The largest absolute Gasteiger partial charge is 0.465 e. The van der Waals surface area contributed by atoms with Crippen LogP contribution in [0.1, 0.15) is 22.8 Å². The predicted molar refractivity (Wildman–Crippen MR) is 67.8 cm³/mol. The van der Waals surface area contributed by atoms with Crippen LogP contribution in [0.4, 0.5) is 0 Å². The van der Waals surface area contributed by atoms with Gasteiger partial charge in [-0.3, -0.25) is 4.79 Å². The minimum absolute atomic E-state index is 0.0559. The average molecular weight is 248 g/mol. The summed E-state index contributed by atoms with van der Waals surface area (Å²) in [6.07, 6.45) is 0. The first-order chi connectivity index (χ1) is 8.13. The zero-order valence-electron chi connectivity index (χ0n) is 9.65. The summed E-state index contributed by atoms with van der Waals surface area (Å²) < 4.78 is 4.59. The van der Waals surface area contributed by atoms with Gasteiger partial charge in [-0.1, -0.05) is 23.6 Å². The summed E-state index contributed by atoms with van der Waals surface area (Å²) >= 11 is 1.18. The van der Waals surface area contributed by atoms with Crippen LogP contribution in [0.25, 0.3) is 0 Å². The van der Waals surface area contributed by atoms with Crippen LogP contribution in [0, 0.1) is 11.8 Å². The minimum atomic E-state index is -0.364. The average Bonchev–Trinajstić information content (AvgIpc) is 2.34. The van der Waals surface area contributed by atoms with Gasteiger partial charge < -0.3 is 4.74 Å². The summed E-state index contributed by atoms with van der Waals surface area (Å²) in [6.45, 7) is 1.51. The van der Waals surface area contributed by atoms with Crippen molar-refractivity contribution in [3.63, 3.8) is 0 Å².